The third kappa shape index (κ3) is 2.38. The second-order valence-electron chi connectivity index (χ2n) is 4.50. The molecule has 1 amide bonds. The molecule has 4 nitrogen and oxygen atoms in total. The Kier molecular flexibility index (Phi) is 3.29. The maximum absolute atomic E-state index is 11.4. The van der Waals surface area contributed by atoms with Crippen LogP contribution in [0.3, 0.4) is 0 Å². The van der Waals surface area contributed by atoms with Crippen LogP contribution < -0.4 is 5.43 Å². The van der Waals surface area contributed by atoms with Crippen molar-refractivity contribution in [3.63, 3.8) is 0 Å². The number of amidine groups is 1. The molecule has 1 N–H and O–H groups in total. The van der Waals surface area contributed by atoms with Crippen LogP contribution in [-0.4, -0.2) is 22.5 Å². The Balaban J connectivity index is 1.87. The van der Waals surface area contributed by atoms with E-state index < -0.39 is 0 Å². The second-order valence-corrected chi connectivity index (χ2v) is 5.34. The van der Waals surface area contributed by atoms with Crippen molar-refractivity contribution >= 4 is 28.5 Å². The van der Waals surface area contributed by atoms with Crippen LogP contribution in [0.1, 0.15) is 24.5 Å². The third-order valence-electron chi connectivity index (χ3n) is 3.29. The molecule has 3 rings (SSSR count). The zero-order valence-electron chi connectivity index (χ0n) is 10.7. The Morgan fingerprint density at radius 2 is 2.16 bits per heavy atom. The second kappa shape index (κ2) is 5.09. The lowest BCUT2D eigenvalue weighted by molar-refractivity contribution is -0.120. The molecule has 0 radical (unpaired) electrons. The number of amides is 1. The summed E-state index contributed by atoms with van der Waals surface area (Å²) in [6, 6.07) is 8.57. The number of nitrogens with one attached hydrogen (secondary N) is 1. The number of nitrogens with zero attached hydrogens (tertiary/aromatic N) is 2. The summed E-state index contributed by atoms with van der Waals surface area (Å²) in [5, 5.41) is 7.07. The largest absolute Gasteiger partial charge is 0.318 e. The molecule has 0 saturated heterocycles. The van der Waals surface area contributed by atoms with Crippen molar-refractivity contribution in [2.75, 3.05) is 6.54 Å². The lowest BCUT2D eigenvalue weighted by Crippen LogP contribution is -2.24. The van der Waals surface area contributed by atoms with Crippen molar-refractivity contribution in [1.82, 2.24) is 10.3 Å². The monoisotopic (exact) mass is 273 g/mol. The molecule has 0 spiro atoms. The molecule has 98 valence electrons. The number of hydrazone groups is 1. The number of hydrogen-bond acceptors (Lipinski definition) is 4. The summed E-state index contributed by atoms with van der Waals surface area (Å²) in [7, 11) is 0. The van der Waals surface area contributed by atoms with Gasteiger partial charge >= 0.3 is 0 Å². The van der Waals surface area contributed by atoms with Gasteiger partial charge in [0, 0.05) is 18.4 Å². The molecular weight excluding hydrogens is 258 g/mol. The van der Waals surface area contributed by atoms with Crippen LogP contribution in [0.2, 0.25) is 0 Å². The first-order chi connectivity index (χ1) is 9.28. The SMILES string of the molecule is CCc1ccc(C2=CSC3=NNC(=O)CCN23)cc1. The lowest BCUT2D eigenvalue weighted by Gasteiger charge is -2.20. The number of fused-ring (bicyclic) bond motifs is 1. The average Bonchev–Trinajstić information content (AvgIpc) is 2.77. The zero-order chi connectivity index (χ0) is 13.2. The summed E-state index contributed by atoms with van der Waals surface area (Å²) in [6.07, 6.45) is 1.51. The van der Waals surface area contributed by atoms with Crippen molar-refractivity contribution in [3.05, 3.63) is 40.8 Å². The summed E-state index contributed by atoms with van der Waals surface area (Å²) in [6.45, 7) is 2.83. The molecule has 0 atom stereocenters. The highest BCUT2D eigenvalue weighted by atomic mass is 32.2. The molecule has 0 fully saturated rings. The molecule has 0 bridgehead atoms. The average molecular weight is 273 g/mol. The molecular formula is C14H15N3OS. The highest BCUT2D eigenvalue weighted by Crippen LogP contribution is 2.33. The van der Waals surface area contributed by atoms with Crippen molar-refractivity contribution in [3.8, 4) is 0 Å². The van der Waals surface area contributed by atoms with Crippen molar-refractivity contribution in [2.45, 2.75) is 19.8 Å². The van der Waals surface area contributed by atoms with Crippen molar-refractivity contribution in [2.24, 2.45) is 5.10 Å². The number of rotatable bonds is 2. The molecule has 0 aromatic heterocycles. The van der Waals surface area contributed by atoms with E-state index in [9.17, 15) is 4.79 Å². The molecule has 2 aliphatic rings. The van der Waals surface area contributed by atoms with E-state index in [1.165, 1.54) is 11.1 Å². The third-order valence-corrected chi connectivity index (χ3v) is 4.16. The number of thioether (sulfide) groups is 1. The van der Waals surface area contributed by atoms with Gasteiger partial charge in [-0.3, -0.25) is 4.79 Å². The molecule has 1 aromatic rings. The van der Waals surface area contributed by atoms with E-state index in [4.69, 9.17) is 0 Å². The molecule has 5 heteroatoms. The van der Waals surface area contributed by atoms with Gasteiger partial charge in [0.25, 0.3) is 0 Å². The first kappa shape index (κ1) is 12.3. The summed E-state index contributed by atoms with van der Waals surface area (Å²) in [4.78, 5) is 13.5. The van der Waals surface area contributed by atoms with E-state index in [1.807, 2.05) is 0 Å². The van der Waals surface area contributed by atoms with E-state index in [2.05, 4.69) is 52.0 Å². The Morgan fingerprint density at radius 3 is 2.89 bits per heavy atom. The minimum atomic E-state index is -0.0248. The van der Waals surface area contributed by atoms with E-state index in [-0.39, 0.29) is 5.91 Å². The van der Waals surface area contributed by atoms with Crippen LogP contribution in [0.5, 0.6) is 0 Å². The number of carbonyl (C=O) groups excluding carboxylic acids is 1. The molecule has 1 aromatic carbocycles. The van der Waals surface area contributed by atoms with Crippen LogP contribution in [-0.2, 0) is 11.2 Å². The summed E-state index contributed by atoms with van der Waals surface area (Å²) in [5.41, 5.74) is 6.19. The topological polar surface area (TPSA) is 44.7 Å². The predicted molar refractivity (Wildman–Crippen MR) is 78.3 cm³/mol. The van der Waals surface area contributed by atoms with Crippen molar-refractivity contribution < 1.29 is 4.79 Å². The first-order valence-electron chi connectivity index (χ1n) is 6.38. The van der Waals surface area contributed by atoms with Crippen LogP contribution >= 0.6 is 11.8 Å². The van der Waals surface area contributed by atoms with E-state index in [1.54, 1.807) is 11.8 Å². The van der Waals surface area contributed by atoms with Gasteiger partial charge in [0.15, 0.2) is 5.17 Å². The van der Waals surface area contributed by atoms with Gasteiger partial charge in [-0.2, -0.15) is 0 Å². The Morgan fingerprint density at radius 1 is 1.37 bits per heavy atom. The van der Waals surface area contributed by atoms with Crippen LogP contribution in [0, 0.1) is 0 Å². The van der Waals surface area contributed by atoms with Gasteiger partial charge in [-0.1, -0.05) is 43.0 Å². The van der Waals surface area contributed by atoms with Crippen LogP contribution in [0.25, 0.3) is 5.70 Å². The summed E-state index contributed by atoms with van der Waals surface area (Å²) < 4.78 is 0. The number of carbonyl (C=O) groups is 1. The fourth-order valence-electron chi connectivity index (χ4n) is 2.16. The number of hydrogen-bond donors (Lipinski definition) is 1. The summed E-state index contributed by atoms with van der Waals surface area (Å²) in [5.74, 6) is -0.0248. The van der Waals surface area contributed by atoms with Gasteiger partial charge in [0.1, 0.15) is 0 Å². The molecule has 0 aliphatic carbocycles. The predicted octanol–water partition coefficient (Wildman–Crippen LogP) is 2.39. The quantitative estimate of drug-likeness (QED) is 0.900. The highest BCUT2D eigenvalue weighted by molar-refractivity contribution is 8.16. The minimum absolute atomic E-state index is 0.0248. The number of aryl methyl sites for hydroxylation is 1. The van der Waals surface area contributed by atoms with E-state index in [0.717, 1.165) is 17.3 Å². The molecule has 2 heterocycles. The molecule has 2 aliphatic heterocycles. The maximum Gasteiger partial charge on any atom is 0.241 e. The Labute approximate surface area is 116 Å². The zero-order valence-corrected chi connectivity index (χ0v) is 11.5. The van der Waals surface area contributed by atoms with Gasteiger partial charge in [0.05, 0.1) is 5.70 Å². The van der Waals surface area contributed by atoms with Gasteiger partial charge in [-0.25, -0.2) is 5.43 Å². The molecule has 0 unspecified atom stereocenters. The standard InChI is InChI=1S/C14H15N3OS/c1-2-10-3-5-11(6-4-10)12-9-19-14-16-15-13(18)7-8-17(12)14/h3-6,9H,2,7-8H2,1H3,(H,15,18). The Bertz CT molecular complexity index is 563. The minimum Gasteiger partial charge on any atom is -0.318 e. The highest BCUT2D eigenvalue weighted by Gasteiger charge is 2.26. The van der Waals surface area contributed by atoms with Gasteiger partial charge in [-0.05, 0) is 17.5 Å². The normalized spacial score (nSPS) is 18.4. The fourth-order valence-corrected chi connectivity index (χ4v) is 3.05. The van der Waals surface area contributed by atoms with Gasteiger partial charge in [-0.15, -0.1) is 5.10 Å². The molecule has 0 saturated carbocycles. The van der Waals surface area contributed by atoms with Crippen molar-refractivity contribution in [1.29, 1.82) is 0 Å². The Hall–Kier alpha value is -1.75. The first-order valence-corrected chi connectivity index (χ1v) is 7.26. The summed E-state index contributed by atoms with van der Waals surface area (Å²) >= 11 is 1.55. The fraction of sp³-hybridized carbons (Fsp3) is 0.286. The maximum atomic E-state index is 11.4. The molecule has 19 heavy (non-hydrogen) atoms. The number of benzene rings is 1. The van der Waals surface area contributed by atoms with E-state index in [0.29, 0.717) is 13.0 Å². The smallest absolute Gasteiger partial charge is 0.241 e. The lowest BCUT2D eigenvalue weighted by atomic mass is 10.1. The van der Waals surface area contributed by atoms with Crippen LogP contribution in [0.15, 0.2) is 34.8 Å². The van der Waals surface area contributed by atoms with Crippen LogP contribution in [0.4, 0.5) is 0 Å². The van der Waals surface area contributed by atoms with Gasteiger partial charge in [0.2, 0.25) is 5.91 Å². The van der Waals surface area contributed by atoms with E-state index >= 15 is 0 Å². The van der Waals surface area contributed by atoms with Gasteiger partial charge < -0.3 is 4.90 Å².